The van der Waals surface area contributed by atoms with Gasteiger partial charge in [-0.3, -0.25) is 9.89 Å². The van der Waals surface area contributed by atoms with Gasteiger partial charge in [0.05, 0.1) is 6.20 Å². The minimum Gasteiger partial charge on any atom is -0.490 e. The first kappa shape index (κ1) is 18.7. The summed E-state index contributed by atoms with van der Waals surface area (Å²) in [6, 6.07) is 3.55. The van der Waals surface area contributed by atoms with E-state index in [9.17, 15) is 4.79 Å². The van der Waals surface area contributed by atoms with Crippen LogP contribution in [-0.4, -0.2) is 52.2 Å². The molecule has 0 bridgehead atoms. The molecule has 1 spiro atoms. The number of aromatic amines is 1. The Balaban J connectivity index is 0.00000196. The molecule has 3 N–H and O–H groups in total. The van der Waals surface area contributed by atoms with Crippen molar-refractivity contribution in [2.45, 2.75) is 31.1 Å². The van der Waals surface area contributed by atoms with Gasteiger partial charge in [0, 0.05) is 36.9 Å². The van der Waals surface area contributed by atoms with Crippen LogP contribution in [0.5, 0.6) is 5.75 Å². The standard InChI is InChI=1S/C18H23N5O2.ClH/c19-7-10-25-14-3-1-8-20-15(14)17(24)23-9-2-5-18(12-23)6-4-13-11-21-22-16(13)18;/h1,3,8,11H,2,4-7,9-10,12,19H2,(H,21,22);1H. The largest absolute Gasteiger partial charge is 0.490 e. The van der Waals surface area contributed by atoms with Gasteiger partial charge >= 0.3 is 0 Å². The predicted octanol–water partition coefficient (Wildman–Crippen LogP) is 1.68. The molecule has 2 aliphatic rings. The first-order valence-corrected chi connectivity index (χ1v) is 8.83. The molecular formula is C18H24ClN5O2. The minimum atomic E-state index is -0.0698. The van der Waals surface area contributed by atoms with E-state index in [1.54, 1.807) is 18.3 Å². The number of rotatable bonds is 4. The molecule has 3 heterocycles. The van der Waals surface area contributed by atoms with Crippen molar-refractivity contribution in [3.63, 3.8) is 0 Å². The Hall–Kier alpha value is -2.12. The topological polar surface area (TPSA) is 97.1 Å². The molecule has 1 fully saturated rings. The lowest BCUT2D eigenvalue weighted by atomic mass is 9.77. The Morgan fingerprint density at radius 1 is 1.42 bits per heavy atom. The number of H-pyrrole nitrogens is 1. The molecule has 140 valence electrons. The summed E-state index contributed by atoms with van der Waals surface area (Å²) in [4.78, 5) is 19.3. The monoisotopic (exact) mass is 377 g/mol. The third kappa shape index (κ3) is 3.17. The van der Waals surface area contributed by atoms with E-state index in [1.807, 2.05) is 11.1 Å². The van der Waals surface area contributed by atoms with Crippen LogP contribution >= 0.6 is 12.4 Å². The third-order valence-electron chi connectivity index (χ3n) is 5.33. The molecule has 8 heteroatoms. The van der Waals surface area contributed by atoms with Gasteiger partial charge in [0.1, 0.15) is 6.61 Å². The number of nitrogens with two attached hydrogens (primary N) is 1. The van der Waals surface area contributed by atoms with Gasteiger partial charge in [-0.2, -0.15) is 5.10 Å². The molecule has 1 amide bonds. The van der Waals surface area contributed by atoms with E-state index in [0.29, 0.717) is 31.1 Å². The Kier molecular flexibility index (Phi) is 5.48. The molecule has 26 heavy (non-hydrogen) atoms. The van der Waals surface area contributed by atoms with Gasteiger partial charge in [-0.15, -0.1) is 12.4 Å². The quantitative estimate of drug-likeness (QED) is 0.844. The number of nitrogens with one attached hydrogen (secondary N) is 1. The fourth-order valence-electron chi connectivity index (χ4n) is 4.16. The van der Waals surface area contributed by atoms with Crippen molar-refractivity contribution < 1.29 is 9.53 Å². The summed E-state index contributed by atoms with van der Waals surface area (Å²) in [6.45, 7) is 2.22. The summed E-state index contributed by atoms with van der Waals surface area (Å²) in [5.74, 6) is 0.436. The van der Waals surface area contributed by atoms with Crippen molar-refractivity contribution in [3.05, 3.63) is 41.5 Å². The molecule has 1 atom stereocenters. The molecule has 4 rings (SSSR count). The van der Waals surface area contributed by atoms with Crippen molar-refractivity contribution in [1.82, 2.24) is 20.1 Å². The van der Waals surface area contributed by atoms with Crippen molar-refractivity contribution in [2.24, 2.45) is 5.73 Å². The molecule has 7 nitrogen and oxygen atoms in total. The van der Waals surface area contributed by atoms with Gasteiger partial charge in [-0.25, -0.2) is 4.98 Å². The molecular weight excluding hydrogens is 354 g/mol. The van der Waals surface area contributed by atoms with Gasteiger partial charge < -0.3 is 15.4 Å². The van der Waals surface area contributed by atoms with E-state index >= 15 is 0 Å². The van der Waals surface area contributed by atoms with Gasteiger partial charge in [0.25, 0.3) is 5.91 Å². The number of amides is 1. The van der Waals surface area contributed by atoms with E-state index in [-0.39, 0.29) is 23.7 Å². The van der Waals surface area contributed by atoms with E-state index in [1.165, 1.54) is 11.3 Å². The lowest BCUT2D eigenvalue weighted by Gasteiger charge is -2.40. The maximum absolute atomic E-state index is 13.1. The van der Waals surface area contributed by atoms with Crippen LogP contribution in [-0.2, 0) is 11.8 Å². The average Bonchev–Trinajstić information content (AvgIpc) is 3.25. The lowest BCUT2D eigenvalue weighted by Crippen LogP contribution is -2.48. The summed E-state index contributed by atoms with van der Waals surface area (Å²) >= 11 is 0. The first-order valence-electron chi connectivity index (χ1n) is 8.83. The number of carbonyl (C=O) groups excluding carboxylic acids is 1. The van der Waals surface area contributed by atoms with Gasteiger partial charge in [0.2, 0.25) is 0 Å². The zero-order valence-electron chi connectivity index (χ0n) is 14.6. The van der Waals surface area contributed by atoms with Crippen molar-refractivity contribution in [2.75, 3.05) is 26.2 Å². The van der Waals surface area contributed by atoms with E-state index in [4.69, 9.17) is 10.5 Å². The minimum absolute atomic E-state index is 0. The average molecular weight is 378 g/mol. The Bertz CT molecular complexity index is 780. The fourth-order valence-corrected chi connectivity index (χ4v) is 4.16. The Morgan fingerprint density at radius 2 is 2.31 bits per heavy atom. The maximum Gasteiger partial charge on any atom is 0.276 e. The molecule has 0 radical (unpaired) electrons. The number of carbonyl (C=O) groups is 1. The summed E-state index contributed by atoms with van der Waals surface area (Å²) < 4.78 is 5.61. The normalized spacial score (nSPS) is 21.3. The second-order valence-corrected chi connectivity index (χ2v) is 6.87. The van der Waals surface area contributed by atoms with Crippen LogP contribution in [0.15, 0.2) is 24.5 Å². The van der Waals surface area contributed by atoms with Crippen LogP contribution < -0.4 is 10.5 Å². The number of ether oxygens (including phenoxy) is 1. The Labute approximate surface area is 158 Å². The fraction of sp³-hybridized carbons (Fsp3) is 0.500. The number of hydrogen-bond acceptors (Lipinski definition) is 5. The summed E-state index contributed by atoms with van der Waals surface area (Å²) in [5, 5.41) is 7.37. The van der Waals surface area contributed by atoms with Gasteiger partial charge in [-0.05, 0) is 43.4 Å². The molecule has 1 unspecified atom stereocenters. The highest BCUT2D eigenvalue weighted by Gasteiger charge is 2.44. The molecule has 0 saturated carbocycles. The summed E-state index contributed by atoms with van der Waals surface area (Å²) in [6.07, 6.45) is 7.72. The number of nitrogens with zero attached hydrogens (tertiary/aromatic N) is 3. The maximum atomic E-state index is 13.1. The van der Waals surface area contributed by atoms with Crippen molar-refractivity contribution in [3.8, 4) is 5.75 Å². The highest BCUT2D eigenvalue weighted by atomic mass is 35.5. The highest BCUT2D eigenvalue weighted by molar-refractivity contribution is 5.95. The highest BCUT2D eigenvalue weighted by Crippen LogP contribution is 2.44. The molecule has 0 aromatic carbocycles. The van der Waals surface area contributed by atoms with Gasteiger partial charge in [-0.1, -0.05) is 0 Å². The van der Waals surface area contributed by atoms with Crippen LogP contribution in [0.25, 0.3) is 0 Å². The number of hydrogen-bond donors (Lipinski definition) is 2. The zero-order valence-corrected chi connectivity index (χ0v) is 15.4. The van der Waals surface area contributed by atoms with Crippen LogP contribution in [0.1, 0.15) is 41.0 Å². The Morgan fingerprint density at radius 3 is 3.15 bits per heavy atom. The molecule has 2 aromatic heterocycles. The lowest BCUT2D eigenvalue weighted by molar-refractivity contribution is 0.0622. The predicted molar refractivity (Wildman–Crippen MR) is 99.8 cm³/mol. The van der Waals surface area contributed by atoms with Gasteiger partial charge in [0.15, 0.2) is 11.4 Å². The molecule has 1 aliphatic carbocycles. The van der Waals surface area contributed by atoms with Crippen molar-refractivity contribution in [1.29, 1.82) is 0 Å². The third-order valence-corrected chi connectivity index (χ3v) is 5.33. The SMILES string of the molecule is Cl.NCCOc1cccnc1C(=O)N1CCCC2(CCc3cn[nH]c32)C1. The number of piperidine rings is 1. The zero-order chi connectivity index (χ0) is 17.3. The second kappa shape index (κ2) is 7.63. The van der Waals surface area contributed by atoms with Crippen LogP contribution in [0, 0.1) is 0 Å². The number of halogens is 1. The summed E-state index contributed by atoms with van der Waals surface area (Å²) in [7, 11) is 0. The summed E-state index contributed by atoms with van der Waals surface area (Å²) in [5.41, 5.74) is 8.39. The van der Waals surface area contributed by atoms with E-state index in [2.05, 4.69) is 15.2 Å². The number of likely N-dealkylation sites (tertiary alicyclic amines) is 1. The van der Waals surface area contributed by atoms with Crippen LogP contribution in [0.2, 0.25) is 0 Å². The number of aromatic nitrogens is 3. The first-order chi connectivity index (χ1) is 12.2. The second-order valence-electron chi connectivity index (χ2n) is 6.87. The smallest absolute Gasteiger partial charge is 0.276 e. The number of aryl methyl sites for hydroxylation is 1. The van der Waals surface area contributed by atoms with Crippen molar-refractivity contribution >= 4 is 18.3 Å². The van der Waals surface area contributed by atoms with Crippen LogP contribution in [0.4, 0.5) is 0 Å². The molecule has 2 aromatic rings. The number of pyridine rings is 1. The van der Waals surface area contributed by atoms with E-state index in [0.717, 1.165) is 32.2 Å². The molecule has 1 aliphatic heterocycles. The molecule has 1 saturated heterocycles. The van der Waals surface area contributed by atoms with Crippen LogP contribution in [0.3, 0.4) is 0 Å². The number of fused-ring (bicyclic) bond motifs is 2. The van der Waals surface area contributed by atoms with E-state index < -0.39 is 0 Å².